The number of alkyl halides is 3. The molecule has 1 aromatic rings. The summed E-state index contributed by atoms with van der Waals surface area (Å²) in [5.41, 5.74) is 5.19. The van der Waals surface area contributed by atoms with Crippen LogP contribution in [0.3, 0.4) is 0 Å². The minimum absolute atomic E-state index is 0.150. The molecule has 0 spiro atoms. The summed E-state index contributed by atoms with van der Waals surface area (Å²) in [5.74, 6) is 0.196. The molecule has 4 nitrogen and oxygen atoms in total. The van der Waals surface area contributed by atoms with Crippen molar-refractivity contribution < 1.29 is 21.6 Å². The molecule has 1 unspecified atom stereocenters. The van der Waals surface area contributed by atoms with Gasteiger partial charge in [0.05, 0.1) is 10.5 Å². The fourth-order valence-electron chi connectivity index (χ4n) is 2.01. The van der Waals surface area contributed by atoms with E-state index in [1.54, 1.807) is 0 Å². The molecule has 0 radical (unpaired) electrons. The maximum absolute atomic E-state index is 12.8. The second-order valence-electron chi connectivity index (χ2n) is 6.00. The van der Waals surface area contributed by atoms with E-state index < -0.39 is 21.8 Å². The maximum atomic E-state index is 12.8. The first-order valence-corrected chi connectivity index (χ1v) is 8.71. The highest BCUT2D eigenvalue weighted by Gasteiger charge is 2.33. The second kappa shape index (κ2) is 7.19. The van der Waals surface area contributed by atoms with E-state index in [2.05, 4.69) is 0 Å². The van der Waals surface area contributed by atoms with Crippen LogP contribution in [0, 0.1) is 12.8 Å². The van der Waals surface area contributed by atoms with Gasteiger partial charge in [0.15, 0.2) is 0 Å². The lowest BCUT2D eigenvalue weighted by atomic mass is 10.0. The molecule has 0 saturated carbocycles. The molecule has 8 heteroatoms. The summed E-state index contributed by atoms with van der Waals surface area (Å²) in [6.07, 6.45) is -4.15. The molecule has 1 rings (SSSR count). The third-order valence-electron chi connectivity index (χ3n) is 3.84. The highest BCUT2D eigenvalue weighted by molar-refractivity contribution is 7.89. The van der Waals surface area contributed by atoms with Crippen LogP contribution in [-0.4, -0.2) is 32.4 Å². The van der Waals surface area contributed by atoms with E-state index in [4.69, 9.17) is 5.73 Å². The average Bonchev–Trinajstić information content (AvgIpc) is 2.42. The summed E-state index contributed by atoms with van der Waals surface area (Å²) in [4.78, 5) is -0.326. The molecule has 0 amide bonds. The molecular formula is C15H23F3N2O2S. The van der Waals surface area contributed by atoms with Gasteiger partial charge in [-0.3, -0.25) is 0 Å². The van der Waals surface area contributed by atoms with Crippen LogP contribution in [0.5, 0.6) is 0 Å². The van der Waals surface area contributed by atoms with Crippen LogP contribution in [0.25, 0.3) is 0 Å². The van der Waals surface area contributed by atoms with Crippen molar-refractivity contribution in [1.29, 1.82) is 0 Å². The Hall–Kier alpha value is -1.12. The maximum Gasteiger partial charge on any atom is 0.416 e. The summed E-state index contributed by atoms with van der Waals surface area (Å²) >= 11 is 0. The lowest BCUT2D eigenvalue weighted by Gasteiger charge is -2.22. The van der Waals surface area contributed by atoms with E-state index >= 15 is 0 Å². The number of rotatable bonds is 6. The predicted molar refractivity (Wildman–Crippen MR) is 83.4 cm³/mol. The van der Waals surface area contributed by atoms with Gasteiger partial charge in [0.25, 0.3) is 0 Å². The van der Waals surface area contributed by atoms with Gasteiger partial charge >= 0.3 is 6.18 Å². The fraction of sp³-hybridized carbons (Fsp3) is 0.600. The zero-order valence-corrected chi connectivity index (χ0v) is 14.5. The van der Waals surface area contributed by atoms with Crippen LogP contribution in [-0.2, 0) is 16.2 Å². The molecule has 1 aromatic carbocycles. The van der Waals surface area contributed by atoms with Gasteiger partial charge < -0.3 is 5.73 Å². The van der Waals surface area contributed by atoms with Gasteiger partial charge in [-0.2, -0.15) is 13.2 Å². The third-order valence-corrected chi connectivity index (χ3v) is 5.84. The molecule has 0 aliphatic carbocycles. The fourth-order valence-corrected chi connectivity index (χ4v) is 3.44. The molecule has 0 fully saturated rings. The number of hydrogen-bond acceptors (Lipinski definition) is 3. The van der Waals surface area contributed by atoms with E-state index in [1.165, 1.54) is 20.0 Å². The zero-order valence-electron chi connectivity index (χ0n) is 13.7. The van der Waals surface area contributed by atoms with Crippen LogP contribution in [0.4, 0.5) is 13.2 Å². The molecule has 0 saturated heterocycles. The number of halogens is 3. The molecule has 132 valence electrons. The van der Waals surface area contributed by atoms with Crippen LogP contribution in [0.1, 0.15) is 31.4 Å². The Labute approximate surface area is 135 Å². The van der Waals surface area contributed by atoms with Crippen LogP contribution in [0.15, 0.2) is 23.1 Å². The van der Waals surface area contributed by atoms with Crippen LogP contribution in [0.2, 0.25) is 0 Å². The lowest BCUT2D eigenvalue weighted by molar-refractivity contribution is -0.137. The van der Waals surface area contributed by atoms with Gasteiger partial charge in [0, 0.05) is 19.6 Å². The van der Waals surface area contributed by atoms with Crippen molar-refractivity contribution in [3.05, 3.63) is 29.3 Å². The van der Waals surface area contributed by atoms with E-state index in [-0.39, 0.29) is 29.0 Å². The van der Waals surface area contributed by atoms with Crippen molar-refractivity contribution in [2.75, 3.05) is 13.6 Å². The molecule has 0 bridgehead atoms. The molecular weight excluding hydrogens is 329 g/mol. The van der Waals surface area contributed by atoms with Gasteiger partial charge in [-0.1, -0.05) is 19.9 Å². The van der Waals surface area contributed by atoms with E-state index in [0.29, 0.717) is 12.5 Å². The Morgan fingerprint density at radius 1 is 1.26 bits per heavy atom. The summed E-state index contributed by atoms with van der Waals surface area (Å²) in [7, 11) is -2.65. The quantitative estimate of drug-likeness (QED) is 0.856. The van der Waals surface area contributed by atoms with E-state index in [0.717, 1.165) is 10.4 Å². The third kappa shape index (κ3) is 4.92. The molecule has 2 N–H and O–H groups in total. The van der Waals surface area contributed by atoms with Crippen molar-refractivity contribution in [3.8, 4) is 0 Å². The molecule has 23 heavy (non-hydrogen) atoms. The van der Waals surface area contributed by atoms with Crippen molar-refractivity contribution in [1.82, 2.24) is 4.31 Å². The first-order chi connectivity index (χ1) is 10.4. The SMILES string of the molecule is Cc1ccc(C(F)(F)F)cc1S(=O)(=O)N(C)CCC(N)C(C)C. The first-order valence-electron chi connectivity index (χ1n) is 7.27. The first kappa shape index (κ1) is 19.9. The number of nitrogens with zero attached hydrogens (tertiary/aromatic N) is 1. The van der Waals surface area contributed by atoms with Gasteiger partial charge in [0.1, 0.15) is 0 Å². The Morgan fingerprint density at radius 2 is 1.83 bits per heavy atom. The normalized spacial score (nSPS) is 14.5. The zero-order chi connectivity index (χ0) is 18.0. The Kier molecular flexibility index (Phi) is 6.23. The number of sulfonamides is 1. The molecule has 1 atom stereocenters. The molecule has 0 aliphatic heterocycles. The largest absolute Gasteiger partial charge is 0.416 e. The summed E-state index contributed by atoms with van der Waals surface area (Å²) in [5, 5.41) is 0. The number of hydrogen-bond donors (Lipinski definition) is 1. The smallest absolute Gasteiger partial charge is 0.327 e. The molecule has 0 aliphatic rings. The van der Waals surface area contributed by atoms with Crippen LogP contribution < -0.4 is 5.73 Å². The minimum Gasteiger partial charge on any atom is -0.327 e. The van der Waals surface area contributed by atoms with Crippen molar-refractivity contribution in [3.63, 3.8) is 0 Å². The van der Waals surface area contributed by atoms with E-state index in [9.17, 15) is 21.6 Å². The second-order valence-corrected chi connectivity index (χ2v) is 8.01. The minimum atomic E-state index is -4.59. The Bertz CT molecular complexity index is 643. The van der Waals surface area contributed by atoms with Crippen LogP contribution >= 0.6 is 0 Å². The highest BCUT2D eigenvalue weighted by Crippen LogP contribution is 2.32. The summed E-state index contributed by atoms with van der Waals surface area (Å²) in [6.45, 7) is 5.48. The van der Waals surface area contributed by atoms with Gasteiger partial charge in [0.2, 0.25) is 10.0 Å². The monoisotopic (exact) mass is 352 g/mol. The van der Waals surface area contributed by atoms with Crippen molar-refractivity contribution in [2.24, 2.45) is 11.7 Å². The average molecular weight is 352 g/mol. The number of aryl methyl sites for hydroxylation is 1. The summed E-state index contributed by atoms with van der Waals surface area (Å²) < 4.78 is 64.5. The molecule has 0 heterocycles. The van der Waals surface area contributed by atoms with Crippen molar-refractivity contribution >= 4 is 10.0 Å². The van der Waals surface area contributed by atoms with Gasteiger partial charge in [-0.15, -0.1) is 0 Å². The summed E-state index contributed by atoms with van der Waals surface area (Å²) in [6, 6.07) is 2.56. The lowest BCUT2D eigenvalue weighted by Crippen LogP contribution is -2.35. The van der Waals surface area contributed by atoms with Gasteiger partial charge in [-0.25, -0.2) is 12.7 Å². The number of nitrogens with two attached hydrogens (primary N) is 1. The predicted octanol–water partition coefficient (Wildman–Crippen LogP) is 3.01. The Morgan fingerprint density at radius 3 is 2.30 bits per heavy atom. The molecule has 0 aromatic heterocycles. The Balaban J connectivity index is 3.08. The van der Waals surface area contributed by atoms with Crippen molar-refractivity contribution in [2.45, 2.75) is 44.3 Å². The number of benzene rings is 1. The highest BCUT2D eigenvalue weighted by atomic mass is 32.2. The van der Waals surface area contributed by atoms with Gasteiger partial charge in [-0.05, 0) is 37.0 Å². The topological polar surface area (TPSA) is 63.4 Å². The van der Waals surface area contributed by atoms with E-state index in [1.807, 2.05) is 13.8 Å². The standard InChI is InChI=1S/C15H23F3N2O2S/c1-10(2)13(19)7-8-20(4)23(21,22)14-9-12(15(16,17)18)6-5-11(14)3/h5-6,9-10,13H,7-8,19H2,1-4H3.